The summed E-state index contributed by atoms with van der Waals surface area (Å²) in [5.41, 5.74) is 1.47. The van der Waals surface area contributed by atoms with E-state index in [1.807, 2.05) is 0 Å². The van der Waals surface area contributed by atoms with E-state index in [1.54, 1.807) is 25.9 Å². The summed E-state index contributed by atoms with van der Waals surface area (Å²) in [4.78, 5) is 12.2. The van der Waals surface area contributed by atoms with Crippen molar-refractivity contribution in [1.29, 1.82) is 0 Å². The predicted molar refractivity (Wildman–Crippen MR) is 304 cm³/mol. The minimum Gasteiger partial charge on any atom is -0.309 e. The summed E-state index contributed by atoms with van der Waals surface area (Å²) in [5.74, 6) is 0. The van der Waals surface area contributed by atoms with E-state index in [1.165, 1.54) is 108 Å². The second-order valence-electron chi connectivity index (χ2n) is 20.5. The van der Waals surface area contributed by atoms with E-state index in [0.717, 1.165) is 13.1 Å². The molecule has 0 spiro atoms. The van der Waals surface area contributed by atoms with Crippen LogP contribution in [0.5, 0.6) is 0 Å². The molecule has 5 aromatic rings. The topological polar surface area (TPSA) is 16.2 Å². The Hall–Kier alpha value is -3.71. The van der Waals surface area contributed by atoms with Crippen molar-refractivity contribution in [1.82, 2.24) is 24.5 Å². The zero-order valence-electron chi connectivity index (χ0n) is 43.5. The van der Waals surface area contributed by atoms with Crippen LogP contribution >= 0.6 is 0 Å². The lowest BCUT2D eigenvalue weighted by molar-refractivity contribution is 0.148. The first-order valence-corrected chi connectivity index (χ1v) is 34.1. The molecule has 0 aliphatic carbocycles. The van der Waals surface area contributed by atoms with Crippen LogP contribution < -0.4 is 25.9 Å². The molecule has 0 saturated carbocycles. The summed E-state index contributed by atoms with van der Waals surface area (Å²) < 4.78 is 0. The first-order valence-electron chi connectivity index (χ1n) is 25.8. The average molecular weight is 953 g/mol. The molecule has 0 N–H and O–H groups in total. The second-order valence-corrected chi connectivity index (χ2v) is 34.3. The number of piperazine rings is 2. The molecule has 2 heterocycles. The highest BCUT2D eigenvalue weighted by atomic mass is 28.3. The highest BCUT2D eigenvalue weighted by molar-refractivity contribution is 7.02. The third kappa shape index (κ3) is 17.0. The molecule has 8 heteroatoms. The molecule has 0 aromatic heterocycles. The van der Waals surface area contributed by atoms with Crippen LogP contribution in [0.4, 0.5) is 0 Å². The van der Waals surface area contributed by atoms with Crippen LogP contribution in [0.15, 0.2) is 158 Å². The van der Waals surface area contributed by atoms with Crippen molar-refractivity contribution >= 4 is 50.2 Å². The van der Waals surface area contributed by atoms with Crippen molar-refractivity contribution in [2.45, 2.75) is 83.5 Å². The molecule has 2 aliphatic heterocycles. The fourth-order valence-electron chi connectivity index (χ4n) is 9.72. The molecule has 0 bridgehead atoms. The zero-order valence-corrected chi connectivity index (χ0v) is 46.5. The number of likely N-dealkylation sites (N-methyl/N-ethyl adjacent to an activating group) is 2. The van der Waals surface area contributed by atoms with Crippen molar-refractivity contribution < 1.29 is 0 Å². The minimum atomic E-state index is -1.67. The second kappa shape index (κ2) is 28.1. The van der Waals surface area contributed by atoms with Gasteiger partial charge in [0, 0.05) is 65.4 Å². The van der Waals surface area contributed by atoms with E-state index in [-0.39, 0.29) is 0 Å². The van der Waals surface area contributed by atoms with Crippen LogP contribution in [0.2, 0.25) is 43.8 Å². The van der Waals surface area contributed by atoms with Gasteiger partial charge in [-0.2, -0.15) is 0 Å². The molecule has 5 nitrogen and oxygen atoms in total. The van der Waals surface area contributed by atoms with E-state index >= 15 is 0 Å². The summed E-state index contributed by atoms with van der Waals surface area (Å²) in [6, 6.07) is 59.4. The largest absolute Gasteiger partial charge is 0.309 e. The number of allylic oxidation sites excluding steroid dienone is 1. The van der Waals surface area contributed by atoms with Gasteiger partial charge in [-0.25, -0.2) is 0 Å². The van der Waals surface area contributed by atoms with Gasteiger partial charge >= 0.3 is 0 Å². The van der Waals surface area contributed by atoms with E-state index < -0.39 is 24.2 Å². The van der Waals surface area contributed by atoms with Crippen molar-refractivity contribution in [2.24, 2.45) is 0 Å². The number of hydrogen-bond acceptors (Lipinski definition) is 5. The first-order chi connectivity index (χ1) is 32.4. The van der Waals surface area contributed by atoms with Crippen LogP contribution in [0.25, 0.3) is 0 Å². The molecular weight excluding hydrogens is 863 g/mol. The number of rotatable bonds is 19. The van der Waals surface area contributed by atoms with Gasteiger partial charge in [-0.1, -0.05) is 236 Å². The van der Waals surface area contributed by atoms with Crippen LogP contribution in [0.1, 0.15) is 38.7 Å². The Labute approximate surface area is 412 Å². The van der Waals surface area contributed by atoms with Gasteiger partial charge in [0.2, 0.25) is 0 Å². The summed E-state index contributed by atoms with van der Waals surface area (Å²) in [7, 11) is 4.30. The molecule has 362 valence electrons. The van der Waals surface area contributed by atoms with Gasteiger partial charge in [-0.3, -0.25) is 9.80 Å². The number of hydrogen-bond donors (Lipinski definition) is 0. The highest BCUT2D eigenvalue weighted by Crippen LogP contribution is 2.18. The zero-order chi connectivity index (χ0) is 48.0. The smallest absolute Gasteiger partial charge is 0.115 e. The number of benzene rings is 5. The minimum absolute atomic E-state index is 1.10. The third-order valence-corrected chi connectivity index (χ3v) is 29.2. The lowest BCUT2D eigenvalue weighted by atomic mass is 10.2. The van der Waals surface area contributed by atoms with Gasteiger partial charge in [-0.05, 0) is 65.2 Å². The summed E-state index contributed by atoms with van der Waals surface area (Å²) in [6.07, 6.45) is 8.56. The SMILES string of the molecule is CC[Si](C)(CC)c1ccc(CN2CCN(C)CC2)cc1.CN(C)CCCC[Si](C)(c1ccccc1)c1ccccc1.CN1CCN(C/C=C/CC[Si](C)(c2ccccc2)c2ccccc2)CC1. The average Bonchev–Trinajstić information content (AvgIpc) is 3.37. The molecular formula is C59H89N5Si3. The van der Waals surface area contributed by atoms with Gasteiger partial charge in [-0.15, -0.1) is 0 Å². The molecule has 7 rings (SSSR count). The molecule has 0 amide bonds. The van der Waals surface area contributed by atoms with Gasteiger partial charge in [0.1, 0.15) is 16.1 Å². The highest BCUT2D eigenvalue weighted by Gasteiger charge is 2.32. The Morgan fingerprint density at radius 1 is 0.463 bits per heavy atom. The Balaban J connectivity index is 0.000000190. The normalized spacial score (nSPS) is 15.8. The Kier molecular flexibility index (Phi) is 22.7. The lowest BCUT2D eigenvalue weighted by Gasteiger charge is -2.32. The third-order valence-electron chi connectivity index (χ3n) is 15.3. The molecule has 67 heavy (non-hydrogen) atoms. The quantitative estimate of drug-likeness (QED) is 0.0466. The van der Waals surface area contributed by atoms with Crippen molar-refractivity contribution in [3.63, 3.8) is 0 Å². The molecule has 5 aromatic carbocycles. The van der Waals surface area contributed by atoms with Crippen LogP contribution in [-0.2, 0) is 6.54 Å². The van der Waals surface area contributed by atoms with Crippen LogP contribution in [0.3, 0.4) is 0 Å². The maximum Gasteiger partial charge on any atom is 0.115 e. The Morgan fingerprint density at radius 2 is 0.866 bits per heavy atom. The lowest BCUT2D eigenvalue weighted by Crippen LogP contribution is -2.55. The summed E-state index contributed by atoms with van der Waals surface area (Å²) in [6.45, 7) is 25.3. The molecule has 2 fully saturated rings. The molecule has 0 unspecified atom stereocenters. The maximum atomic E-state index is 2.57. The molecule has 0 radical (unpaired) electrons. The summed E-state index contributed by atoms with van der Waals surface area (Å²) in [5, 5.41) is 7.82. The molecule has 2 saturated heterocycles. The van der Waals surface area contributed by atoms with Gasteiger partial charge in [0.15, 0.2) is 0 Å². The predicted octanol–water partition coefficient (Wildman–Crippen LogP) is 9.05. The fraction of sp³-hybridized carbons (Fsp3) is 0.458. The Morgan fingerprint density at radius 3 is 1.27 bits per heavy atom. The summed E-state index contributed by atoms with van der Waals surface area (Å²) >= 11 is 0. The Bertz CT molecular complexity index is 2000. The van der Waals surface area contributed by atoms with Gasteiger partial charge < -0.3 is 14.7 Å². The fourth-order valence-corrected chi connectivity index (χ4v) is 19.2. The van der Waals surface area contributed by atoms with E-state index in [9.17, 15) is 0 Å². The number of unbranched alkanes of at least 4 members (excludes halogenated alkanes) is 1. The molecule has 0 atom stereocenters. The van der Waals surface area contributed by atoms with Crippen molar-refractivity contribution in [2.75, 3.05) is 93.6 Å². The van der Waals surface area contributed by atoms with E-state index in [2.05, 4.69) is 244 Å². The van der Waals surface area contributed by atoms with Crippen molar-refractivity contribution in [3.05, 3.63) is 163 Å². The number of nitrogens with zero attached hydrogens (tertiary/aromatic N) is 5. The van der Waals surface area contributed by atoms with Crippen molar-refractivity contribution in [3.8, 4) is 0 Å². The molecule has 2 aliphatic rings. The van der Waals surface area contributed by atoms with E-state index in [0.29, 0.717) is 0 Å². The van der Waals surface area contributed by atoms with Crippen LogP contribution in [-0.4, -0.2) is 142 Å². The standard InChI is InChI=1S/C23H32N2Si.C19H27NSi.C17H30N2Si/c1-24-17-19-25(20-18-24)16-10-5-11-21-26(2,22-12-6-3-7-13-22)23-14-8-4-9-15-23;1-20(2)16-10-11-17-21(3,18-12-6-4-7-13-18)19-14-8-5-9-15-19;1-5-20(4,6-2)17-9-7-16(8-10-17)15-19-13-11-18(3)12-14-19/h3-10,12-15H,11,16-21H2,1-2H3;4-9,12-15H,10-11,16-17H2,1-3H3;7-10H,5-6,11-15H2,1-4H3/b10-5+;;. The monoisotopic (exact) mass is 952 g/mol. The van der Waals surface area contributed by atoms with Gasteiger partial charge in [0.05, 0.1) is 8.07 Å². The maximum absolute atomic E-state index is 2.57. The van der Waals surface area contributed by atoms with Crippen LogP contribution in [0, 0.1) is 0 Å². The van der Waals surface area contributed by atoms with E-state index in [4.69, 9.17) is 0 Å². The first kappa shape index (κ1) is 54.2. The van der Waals surface area contributed by atoms with Gasteiger partial charge in [0.25, 0.3) is 0 Å².